The van der Waals surface area contributed by atoms with Crippen LogP contribution in [0.4, 0.5) is 0 Å². The highest BCUT2D eigenvalue weighted by Gasteiger charge is 2.25. The van der Waals surface area contributed by atoms with Crippen LogP contribution in [-0.4, -0.2) is 55.3 Å². The molecule has 0 spiro atoms. The summed E-state index contributed by atoms with van der Waals surface area (Å²) in [5, 5.41) is 5.67. The standard InChI is InChI=1S/C26H41N3O2.2ClH/c1-26(2,3)18-29-14-12-19(13-15-29)8-10-23-21-9-11-24(30-17-20-6-7-20)22(16-28(4)5)25(21)31-27-23;;/h9,11,19-20H,6-8,10,12-18H2,1-5H3;2*1H. The van der Waals surface area contributed by atoms with Crippen LogP contribution >= 0.6 is 24.8 Å². The molecule has 0 radical (unpaired) electrons. The molecular weight excluding hydrogens is 457 g/mol. The highest BCUT2D eigenvalue weighted by molar-refractivity contribution is 5.86. The van der Waals surface area contributed by atoms with E-state index < -0.39 is 0 Å². The van der Waals surface area contributed by atoms with Gasteiger partial charge in [0, 0.05) is 18.5 Å². The molecule has 33 heavy (non-hydrogen) atoms. The summed E-state index contributed by atoms with van der Waals surface area (Å²) in [6.45, 7) is 12.3. The fraction of sp³-hybridized carbons (Fsp3) is 0.731. The van der Waals surface area contributed by atoms with E-state index in [-0.39, 0.29) is 24.8 Å². The Morgan fingerprint density at radius 1 is 1.06 bits per heavy atom. The third-order valence-corrected chi connectivity index (χ3v) is 6.62. The predicted octanol–water partition coefficient (Wildman–Crippen LogP) is 6.21. The lowest BCUT2D eigenvalue weighted by Gasteiger charge is -2.36. The molecule has 0 N–H and O–H groups in total. The number of rotatable bonds is 9. The van der Waals surface area contributed by atoms with Gasteiger partial charge in [0.15, 0.2) is 5.58 Å². The van der Waals surface area contributed by atoms with Crippen LogP contribution in [0.5, 0.6) is 5.75 Å². The Kier molecular flexibility index (Phi) is 10.4. The SMILES string of the molecule is CN(C)Cc1c(OCC2CC2)ccc2c(CCC3CCN(CC(C)(C)C)CC3)noc12.Cl.Cl. The molecule has 1 aromatic heterocycles. The van der Waals surface area contributed by atoms with Crippen molar-refractivity contribution in [1.82, 2.24) is 15.0 Å². The smallest absolute Gasteiger partial charge is 0.175 e. The van der Waals surface area contributed by atoms with Gasteiger partial charge in [-0.25, -0.2) is 0 Å². The molecule has 188 valence electrons. The maximum Gasteiger partial charge on any atom is 0.175 e. The number of nitrogens with zero attached hydrogens (tertiary/aromatic N) is 3. The van der Waals surface area contributed by atoms with E-state index in [0.717, 1.165) is 54.0 Å². The molecule has 1 saturated heterocycles. The molecular formula is C26H43Cl2N3O2. The van der Waals surface area contributed by atoms with Crippen molar-refractivity contribution in [1.29, 1.82) is 0 Å². The number of halogens is 2. The van der Waals surface area contributed by atoms with Crippen LogP contribution in [0.15, 0.2) is 16.7 Å². The zero-order valence-corrected chi connectivity index (χ0v) is 22.7. The Morgan fingerprint density at radius 2 is 1.76 bits per heavy atom. The minimum atomic E-state index is 0. The third-order valence-electron chi connectivity index (χ3n) is 6.62. The third kappa shape index (κ3) is 8.02. The van der Waals surface area contributed by atoms with Gasteiger partial charge in [0.05, 0.1) is 17.9 Å². The van der Waals surface area contributed by atoms with E-state index in [1.54, 1.807) is 0 Å². The van der Waals surface area contributed by atoms with Crippen molar-refractivity contribution in [2.45, 2.75) is 65.8 Å². The van der Waals surface area contributed by atoms with Gasteiger partial charge < -0.3 is 19.1 Å². The summed E-state index contributed by atoms with van der Waals surface area (Å²) in [6.07, 6.45) is 7.40. The van der Waals surface area contributed by atoms with E-state index in [2.05, 4.69) is 62.0 Å². The Hall–Kier alpha value is -1.01. The van der Waals surface area contributed by atoms with Gasteiger partial charge in [0.1, 0.15) is 5.75 Å². The van der Waals surface area contributed by atoms with Gasteiger partial charge in [0.25, 0.3) is 0 Å². The van der Waals surface area contributed by atoms with Gasteiger partial charge in [-0.2, -0.15) is 0 Å². The normalized spacial score (nSPS) is 17.8. The predicted molar refractivity (Wildman–Crippen MR) is 141 cm³/mol. The van der Waals surface area contributed by atoms with Crippen molar-refractivity contribution in [3.8, 4) is 5.75 Å². The summed E-state index contributed by atoms with van der Waals surface area (Å²) in [4.78, 5) is 4.81. The fourth-order valence-electron chi connectivity index (χ4n) is 4.81. The molecule has 1 aliphatic carbocycles. The Labute approximate surface area is 212 Å². The molecule has 2 aliphatic rings. The van der Waals surface area contributed by atoms with Gasteiger partial charge in [-0.1, -0.05) is 25.9 Å². The Bertz CT molecular complexity index is 866. The number of piperidine rings is 1. The van der Waals surface area contributed by atoms with Crippen LogP contribution in [-0.2, 0) is 13.0 Å². The van der Waals surface area contributed by atoms with E-state index in [1.807, 2.05) is 0 Å². The number of hydrogen-bond donors (Lipinski definition) is 0. The van der Waals surface area contributed by atoms with Crippen molar-refractivity contribution in [2.75, 3.05) is 40.3 Å². The quantitative estimate of drug-likeness (QED) is 0.409. The van der Waals surface area contributed by atoms with Gasteiger partial charge in [-0.15, -0.1) is 24.8 Å². The van der Waals surface area contributed by atoms with Crippen LogP contribution in [0.2, 0.25) is 0 Å². The first-order valence-electron chi connectivity index (χ1n) is 12.2. The highest BCUT2D eigenvalue weighted by Crippen LogP contribution is 2.35. The number of hydrogen-bond acceptors (Lipinski definition) is 5. The largest absolute Gasteiger partial charge is 0.493 e. The number of likely N-dealkylation sites (tertiary alicyclic amines) is 1. The van der Waals surface area contributed by atoms with Crippen LogP contribution in [0.25, 0.3) is 11.0 Å². The second kappa shape index (κ2) is 12.1. The average Bonchev–Trinajstić information content (AvgIpc) is 3.43. The van der Waals surface area contributed by atoms with E-state index in [1.165, 1.54) is 57.1 Å². The summed E-state index contributed by atoms with van der Waals surface area (Å²) in [6, 6.07) is 4.30. The molecule has 0 amide bonds. The van der Waals surface area contributed by atoms with Gasteiger partial charge >= 0.3 is 0 Å². The van der Waals surface area contributed by atoms with Crippen molar-refractivity contribution in [3.63, 3.8) is 0 Å². The second-order valence-electron chi connectivity index (χ2n) is 11.4. The molecule has 0 bridgehead atoms. The summed E-state index contributed by atoms with van der Waals surface area (Å²) < 4.78 is 12.1. The number of ether oxygens (including phenoxy) is 1. The maximum atomic E-state index is 6.16. The molecule has 4 rings (SSSR count). The first kappa shape index (κ1) is 28.2. The molecule has 7 heteroatoms. The van der Waals surface area contributed by atoms with Crippen molar-refractivity contribution < 1.29 is 9.26 Å². The average molecular weight is 501 g/mol. The molecule has 1 saturated carbocycles. The van der Waals surface area contributed by atoms with Gasteiger partial charge in [0.2, 0.25) is 0 Å². The molecule has 2 fully saturated rings. The minimum absolute atomic E-state index is 0. The molecule has 2 aromatic rings. The van der Waals surface area contributed by atoms with Crippen LogP contribution in [0.3, 0.4) is 0 Å². The molecule has 2 heterocycles. The zero-order chi connectivity index (χ0) is 22.0. The first-order chi connectivity index (χ1) is 14.8. The van der Waals surface area contributed by atoms with Crippen LogP contribution < -0.4 is 4.74 Å². The van der Waals surface area contributed by atoms with E-state index in [4.69, 9.17) is 9.26 Å². The zero-order valence-electron chi connectivity index (χ0n) is 21.1. The fourth-order valence-corrected chi connectivity index (χ4v) is 4.81. The van der Waals surface area contributed by atoms with Gasteiger partial charge in [-0.3, -0.25) is 0 Å². The first-order valence-corrected chi connectivity index (χ1v) is 12.2. The monoisotopic (exact) mass is 499 g/mol. The van der Waals surface area contributed by atoms with Crippen molar-refractivity contribution in [3.05, 3.63) is 23.4 Å². The number of benzene rings is 1. The number of aryl methyl sites for hydroxylation is 1. The lowest BCUT2D eigenvalue weighted by atomic mass is 9.89. The summed E-state index contributed by atoms with van der Waals surface area (Å²) >= 11 is 0. The number of aromatic nitrogens is 1. The van der Waals surface area contributed by atoms with Crippen LogP contribution in [0.1, 0.15) is 64.1 Å². The lowest BCUT2D eigenvalue weighted by Crippen LogP contribution is -2.39. The maximum absolute atomic E-state index is 6.16. The van der Waals surface area contributed by atoms with E-state index in [9.17, 15) is 0 Å². The molecule has 0 unspecified atom stereocenters. The summed E-state index contributed by atoms with van der Waals surface area (Å²) in [7, 11) is 4.18. The second-order valence-corrected chi connectivity index (χ2v) is 11.4. The number of fused-ring (bicyclic) bond motifs is 1. The van der Waals surface area contributed by atoms with Crippen LogP contribution in [0, 0.1) is 17.3 Å². The van der Waals surface area contributed by atoms with E-state index in [0.29, 0.717) is 5.41 Å². The van der Waals surface area contributed by atoms with Crippen molar-refractivity contribution in [2.24, 2.45) is 17.3 Å². The van der Waals surface area contributed by atoms with E-state index >= 15 is 0 Å². The topological polar surface area (TPSA) is 41.7 Å². The Morgan fingerprint density at radius 3 is 2.36 bits per heavy atom. The van der Waals surface area contributed by atoms with Gasteiger partial charge in [-0.05, 0) is 95.1 Å². The summed E-state index contributed by atoms with van der Waals surface area (Å²) in [5.41, 5.74) is 3.55. The molecule has 0 atom stereocenters. The Balaban J connectivity index is 0.00000193. The molecule has 1 aliphatic heterocycles. The highest BCUT2D eigenvalue weighted by atomic mass is 35.5. The minimum Gasteiger partial charge on any atom is -0.493 e. The lowest BCUT2D eigenvalue weighted by molar-refractivity contribution is 0.133. The summed E-state index contributed by atoms with van der Waals surface area (Å²) in [5.74, 6) is 2.50. The molecule has 1 aromatic carbocycles. The molecule has 5 nitrogen and oxygen atoms in total. The van der Waals surface area contributed by atoms with Crippen molar-refractivity contribution >= 4 is 35.8 Å².